The number of hydrogen-bond donors (Lipinski definition) is 2. The normalized spacial score (nSPS) is 17.8. The SMILES string of the molecule is C[C@H]1CCCCN1c1nnc(NC(=O)NCc2ccccc2)s1. The lowest BCUT2D eigenvalue weighted by molar-refractivity contribution is 0.251. The summed E-state index contributed by atoms with van der Waals surface area (Å²) < 4.78 is 0. The molecular formula is C16H21N5OS. The molecule has 2 aromatic rings. The van der Waals surface area contributed by atoms with Gasteiger partial charge in [-0.15, -0.1) is 10.2 Å². The average Bonchev–Trinajstić information content (AvgIpc) is 3.02. The van der Waals surface area contributed by atoms with Crippen LogP contribution in [0.5, 0.6) is 0 Å². The number of anilines is 2. The van der Waals surface area contributed by atoms with Crippen LogP contribution < -0.4 is 15.5 Å². The summed E-state index contributed by atoms with van der Waals surface area (Å²) in [6.07, 6.45) is 3.63. The molecule has 0 saturated carbocycles. The summed E-state index contributed by atoms with van der Waals surface area (Å²) in [6, 6.07) is 10.0. The topological polar surface area (TPSA) is 70.2 Å². The lowest BCUT2D eigenvalue weighted by atomic mass is 10.1. The van der Waals surface area contributed by atoms with Crippen LogP contribution >= 0.6 is 11.3 Å². The van der Waals surface area contributed by atoms with Gasteiger partial charge in [-0.3, -0.25) is 5.32 Å². The van der Waals surface area contributed by atoms with Crippen LogP contribution in [0.3, 0.4) is 0 Å². The molecule has 1 fully saturated rings. The Balaban J connectivity index is 1.53. The fraction of sp³-hybridized carbons (Fsp3) is 0.438. The summed E-state index contributed by atoms with van der Waals surface area (Å²) in [6.45, 7) is 3.71. The Hall–Kier alpha value is -2.15. The number of piperidine rings is 1. The quantitative estimate of drug-likeness (QED) is 0.902. The van der Waals surface area contributed by atoms with E-state index in [0.29, 0.717) is 17.7 Å². The zero-order chi connectivity index (χ0) is 16.1. The first-order valence-electron chi connectivity index (χ1n) is 7.91. The number of carbonyl (C=O) groups excluding carboxylic acids is 1. The second-order valence-corrected chi connectivity index (χ2v) is 6.68. The highest BCUT2D eigenvalue weighted by Crippen LogP contribution is 2.29. The van der Waals surface area contributed by atoms with E-state index in [1.54, 1.807) is 0 Å². The molecule has 0 radical (unpaired) electrons. The zero-order valence-corrected chi connectivity index (χ0v) is 14.0. The summed E-state index contributed by atoms with van der Waals surface area (Å²) >= 11 is 1.42. The number of hydrogen-bond acceptors (Lipinski definition) is 5. The Morgan fingerprint density at radius 3 is 2.91 bits per heavy atom. The molecule has 6 nitrogen and oxygen atoms in total. The molecule has 1 aromatic carbocycles. The maximum atomic E-state index is 11.9. The molecule has 122 valence electrons. The Labute approximate surface area is 139 Å². The first-order valence-corrected chi connectivity index (χ1v) is 8.73. The van der Waals surface area contributed by atoms with Crippen molar-refractivity contribution in [3.05, 3.63) is 35.9 Å². The monoisotopic (exact) mass is 331 g/mol. The van der Waals surface area contributed by atoms with E-state index >= 15 is 0 Å². The number of nitrogens with one attached hydrogen (secondary N) is 2. The third-order valence-electron chi connectivity index (χ3n) is 3.98. The van der Waals surface area contributed by atoms with Gasteiger partial charge in [0, 0.05) is 19.1 Å². The standard InChI is InChI=1S/C16H21N5OS/c1-12-7-5-6-10-21(12)16-20-19-15(23-16)18-14(22)17-11-13-8-3-2-4-9-13/h2-4,8-9,12H,5-7,10-11H2,1H3,(H2,17,18,19,22)/t12-/m0/s1. The van der Waals surface area contributed by atoms with E-state index in [9.17, 15) is 4.79 Å². The summed E-state index contributed by atoms with van der Waals surface area (Å²) in [7, 11) is 0. The lowest BCUT2D eigenvalue weighted by Gasteiger charge is -2.32. The number of amides is 2. The molecular weight excluding hydrogens is 310 g/mol. The van der Waals surface area contributed by atoms with Gasteiger partial charge >= 0.3 is 6.03 Å². The molecule has 1 atom stereocenters. The Morgan fingerprint density at radius 1 is 1.30 bits per heavy atom. The molecule has 2 N–H and O–H groups in total. The van der Waals surface area contributed by atoms with Crippen molar-refractivity contribution in [3.8, 4) is 0 Å². The highest BCUT2D eigenvalue weighted by Gasteiger charge is 2.22. The Bertz CT molecular complexity index is 645. The summed E-state index contributed by atoms with van der Waals surface area (Å²) in [5, 5.41) is 15.3. The highest BCUT2D eigenvalue weighted by molar-refractivity contribution is 7.19. The van der Waals surface area contributed by atoms with E-state index in [2.05, 4.69) is 32.7 Å². The van der Waals surface area contributed by atoms with Gasteiger partial charge in [-0.1, -0.05) is 41.7 Å². The fourth-order valence-electron chi connectivity index (χ4n) is 2.68. The van der Waals surface area contributed by atoms with Crippen molar-refractivity contribution >= 4 is 27.6 Å². The van der Waals surface area contributed by atoms with E-state index in [-0.39, 0.29) is 6.03 Å². The van der Waals surface area contributed by atoms with Crippen LogP contribution in [-0.2, 0) is 6.54 Å². The predicted octanol–water partition coefficient (Wildman–Crippen LogP) is 3.24. The van der Waals surface area contributed by atoms with Gasteiger partial charge in [-0.05, 0) is 31.7 Å². The lowest BCUT2D eigenvalue weighted by Crippen LogP contribution is -2.37. The predicted molar refractivity (Wildman–Crippen MR) is 92.9 cm³/mol. The largest absolute Gasteiger partial charge is 0.344 e. The van der Waals surface area contributed by atoms with Crippen LogP contribution in [0.25, 0.3) is 0 Å². The van der Waals surface area contributed by atoms with Gasteiger partial charge in [-0.25, -0.2) is 4.79 Å². The van der Waals surface area contributed by atoms with Crippen LogP contribution in [0.4, 0.5) is 15.1 Å². The molecule has 23 heavy (non-hydrogen) atoms. The van der Waals surface area contributed by atoms with Crippen molar-refractivity contribution in [1.29, 1.82) is 0 Å². The molecule has 3 rings (SSSR count). The Morgan fingerprint density at radius 2 is 2.13 bits per heavy atom. The summed E-state index contributed by atoms with van der Waals surface area (Å²) in [4.78, 5) is 14.2. The highest BCUT2D eigenvalue weighted by atomic mass is 32.1. The van der Waals surface area contributed by atoms with Gasteiger partial charge in [0.15, 0.2) is 0 Å². The van der Waals surface area contributed by atoms with Gasteiger partial charge < -0.3 is 10.2 Å². The molecule has 0 spiro atoms. The molecule has 0 aliphatic carbocycles. The number of carbonyl (C=O) groups is 1. The van der Waals surface area contributed by atoms with Gasteiger partial charge in [0.2, 0.25) is 10.3 Å². The minimum absolute atomic E-state index is 0.261. The van der Waals surface area contributed by atoms with Crippen LogP contribution in [0.2, 0.25) is 0 Å². The van der Waals surface area contributed by atoms with Crippen LogP contribution in [0, 0.1) is 0 Å². The van der Waals surface area contributed by atoms with E-state index < -0.39 is 0 Å². The molecule has 2 heterocycles. The third-order valence-corrected chi connectivity index (χ3v) is 4.86. The average molecular weight is 331 g/mol. The second-order valence-electron chi connectivity index (χ2n) is 5.72. The molecule has 1 aliphatic rings. The van der Waals surface area contributed by atoms with Gasteiger partial charge in [0.05, 0.1) is 0 Å². The third kappa shape index (κ3) is 4.19. The van der Waals surface area contributed by atoms with Gasteiger partial charge in [0.25, 0.3) is 0 Å². The fourth-order valence-corrected chi connectivity index (χ4v) is 3.55. The van der Waals surface area contributed by atoms with Crippen LogP contribution in [0.1, 0.15) is 31.7 Å². The van der Waals surface area contributed by atoms with Crippen LogP contribution in [-0.4, -0.2) is 28.8 Å². The number of benzene rings is 1. The van der Waals surface area contributed by atoms with Crippen molar-refractivity contribution in [2.75, 3.05) is 16.8 Å². The number of rotatable bonds is 4. The maximum absolute atomic E-state index is 11.9. The number of nitrogens with zero attached hydrogens (tertiary/aromatic N) is 3. The first-order chi connectivity index (χ1) is 11.2. The first kappa shape index (κ1) is 15.7. The van der Waals surface area contributed by atoms with Crippen molar-refractivity contribution in [2.24, 2.45) is 0 Å². The zero-order valence-electron chi connectivity index (χ0n) is 13.2. The smallest absolute Gasteiger partial charge is 0.321 e. The Kier molecular flexibility index (Phi) is 5.07. The van der Waals surface area contributed by atoms with Gasteiger partial charge in [0.1, 0.15) is 0 Å². The second kappa shape index (κ2) is 7.41. The maximum Gasteiger partial charge on any atom is 0.321 e. The van der Waals surface area contributed by atoms with Crippen molar-refractivity contribution in [2.45, 2.75) is 38.8 Å². The molecule has 2 amide bonds. The molecule has 1 aliphatic heterocycles. The molecule has 1 aromatic heterocycles. The summed E-state index contributed by atoms with van der Waals surface area (Å²) in [5.74, 6) is 0. The summed E-state index contributed by atoms with van der Waals surface area (Å²) in [5.41, 5.74) is 1.06. The van der Waals surface area contributed by atoms with Crippen LogP contribution in [0.15, 0.2) is 30.3 Å². The van der Waals surface area contributed by atoms with Gasteiger partial charge in [-0.2, -0.15) is 0 Å². The van der Waals surface area contributed by atoms with Crippen molar-refractivity contribution in [1.82, 2.24) is 15.5 Å². The van der Waals surface area contributed by atoms with E-state index in [0.717, 1.165) is 17.2 Å². The van der Waals surface area contributed by atoms with E-state index in [4.69, 9.17) is 0 Å². The molecule has 0 unspecified atom stereocenters. The minimum atomic E-state index is -0.261. The number of urea groups is 1. The van der Waals surface area contributed by atoms with Crippen molar-refractivity contribution in [3.63, 3.8) is 0 Å². The molecule has 7 heteroatoms. The van der Waals surface area contributed by atoms with E-state index in [1.165, 1.54) is 30.6 Å². The van der Waals surface area contributed by atoms with Crippen molar-refractivity contribution < 1.29 is 4.79 Å². The number of aromatic nitrogens is 2. The minimum Gasteiger partial charge on any atom is -0.344 e. The molecule has 1 saturated heterocycles. The van der Waals surface area contributed by atoms with E-state index in [1.807, 2.05) is 30.3 Å². The molecule has 0 bridgehead atoms.